The van der Waals surface area contributed by atoms with E-state index in [2.05, 4.69) is 0 Å². The van der Waals surface area contributed by atoms with Gasteiger partial charge in [-0.3, -0.25) is 0 Å². The minimum Gasteiger partial charge on any atom is -0.212 e. The third kappa shape index (κ3) is 3.20. The molecule has 0 amide bonds. The maximum Gasteiger partial charge on any atom is 0.218 e. The third-order valence-electron chi connectivity index (χ3n) is 3.99. The number of sulfonamides is 1. The van der Waals surface area contributed by atoms with Crippen LogP contribution in [-0.4, -0.2) is 19.3 Å². The molecule has 22 heavy (non-hydrogen) atoms. The van der Waals surface area contributed by atoms with Gasteiger partial charge < -0.3 is 0 Å². The van der Waals surface area contributed by atoms with Crippen LogP contribution in [0, 0.1) is 5.82 Å². The average molecular weight is 319 g/mol. The predicted octanol–water partition coefficient (Wildman–Crippen LogP) is 3.49. The smallest absolute Gasteiger partial charge is 0.212 e. The fourth-order valence-corrected chi connectivity index (χ4v) is 4.79. The molecule has 1 atom stereocenters. The van der Waals surface area contributed by atoms with Crippen LogP contribution in [0.4, 0.5) is 4.39 Å². The molecule has 0 radical (unpaired) electrons. The number of hydrogen-bond acceptors (Lipinski definition) is 2. The third-order valence-corrected chi connectivity index (χ3v) is 5.84. The molecule has 0 saturated carbocycles. The minimum absolute atomic E-state index is 0.0142. The first-order valence-electron chi connectivity index (χ1n) is 7.35. The topological polar surface area (TPSA) is 37.4 Å². The predicted molar refractivity (Wildman–Crippen MR) is 84.1 cm³/mol. The van der Waals surface area contributed by atoms with Gasteiger partial charge in [-0.25, -0.2) is 12.8 Å². The molecule has 1 fully saturated rings. The van der Waals surface area contributed by atoms with Crippen molar-refractivity contribution < 1.29 is 12.8 Å². The van der Waals surface area contributed by atoms with Crippen molar-refractivity contribution in [1.29, 1.82) is 0 Å². The second-order valence-electron chi connectivity index (χ2n) is 5.57. The maximum atomic E-state index is 13.4. The summed E-state index contributed by atoms with van der Waals surface area (Å²) in [6, 6.07) is 15.1. The van der Waals surface area contributed by atoms with E-state index in [0.717, 1.165) is 24.0 Å². The molecule has 2 aromatic rings. The quantitative estimate of drug-likeness (QED) is 0.865. The molecule has 0 aliphatic carbocycles. The van der Waals surface area contributed by atoms with E-state index >= 15 is 0 Å². The van der Waals surface area contributed by atoms with Crippen molar-refractivity contribution in [2.24, 2.45) is 0 Å². The van der Waals surface area contributed by atoms with Gasteiger partial charge in [0.2, 0.25) is 10.0 Å². The Hall–Kier alpha value is -1.72. The molecule has 0 aromatic heterocycles. The van der Waals surface area contributed by atoms with Crippen molar-refractivity contribution in [2.45, 2.75) is 24.6 Å². The molecule has 3 nitrogen and oxygen atoms in total. The number of halogens is 1. The molecule has 3 rings (SSSR count). The molecule has 0 N–H and O–H groups in total. The lowest BCUT2D eigenvalue weighted by molar-refractivity contribution is 0.395. The summed E-state index contributed by atoms with van der Waals surface area (Å²) < 4.78 is 40.4. The molecule has 116 valence electrons. The highest BCUT2D eigenvalue weighted by atomic mass is 32.2. The van der Waals surface area contributed by atoms with E-state index in [9.17, 15) is 12.8 Å². The van der Waals surface area contributed by atoms with Gasteiger partial charge in [0.1, 0.15) is 5.82 Å². The van der Waals surface area contributed by atoms with Crippen molar-refractivity contribution >= 4 is 10.0 Å². The lowest BCUT2D eigenvalue weighted by atomic mass is 10.1. The molecule has 1 aliphatic rings. The molecule has 0 bridgehead atoms. The van der Waals surface area contributed by atoms with Crippen LogP contribution >= 0.6 is 0 Å². The van der Waals surface area contributed by atoms with Crippen molar-refractivity contribution in [2.75, 3.05) is 6.54 Å². The first-order chi connectivity index (χ1) is 10.6. The Labute approximate surface area is 130 Å². The molecular weight excluding hydrogens is 301 g/mol. The number of rotatable bonds is 4. The van der Waals surface area contributed by atoms with Crippen LogP contribution in [0.5, 0.6) is 0 Å². The summed E-state index contributed by atoms with van der Waals surface area (Å²) in [5, 5.41) is 0. The normalized spacial score (nSPS) is 19.4. The zero-order valence-corrected chi connectivity index (χ0v) is 13.0. The standard InChI is InChI=1S/C17H18FNO2S/c18-16-9-4-8-15(12-16)17-10-5-11-19(17)22(20,21)13-14-6-2-1-3-7-14/h1-4,6-9,12,17H,5,10-11,13H2. The summed E-state index contributed by atoms with van der Waals surface area (Å²) in [7, 11) is -3.41. The van der Waals surface area contributed by atoms with Gasteiger partial charge in [0.05, 0.1) is 5.75 Å². The van der Waals surface area contributed by atoms with Gasteiger partial charge in [0, 0.05) is 12.6 Å². The van der Waals surface area contributed by atoms with E-state index < -0.39 is 10.0 Å². The number of nitrogens with zero attached hydrogens (tertiary/aromatic N) is 1. The van der Waals surface area contributed by atoms with Gasteiger partial charge in [-0.2, -0.15) is 4.31 Å². The Balaban J connectivity index is 1.86. The van der Waals surface area contributed by atoms with Gasteiger partial charge in [-0.05, 0) is 36.1 Å². The number of hydrogen-bond donors (Lipinski definition) is 0. The molecule has 1 heterocycles. The Morgan fingerprint density at radius 2 is 1.86 bits per heavy atom. The van der Waals surface area contributed by atoms with Crippen LogP contribution in [0.15, 0.2) is 54.6 Å². The summed E-state index contributed by atoms with van der Waals surface area (Å²) in [6.07, 6.45) is 1.53. The molecule has 1 unspecified atom stereocenters. The summed E-state index contributed by atoms with van der Waals surface area (Å²) >= 11 is 0. The van der Waals surface area contributed by atoms with E-state index in [1.54, 1.807) is 12.1 Å². The fourth-order valence-electron chi connectivity index (χ4n) is 2.99. The highest BCUT2D eigenvalue weighted by Crippen LogP contribution is 2.35. The lowest BCUT2D eigenvalue weighted by Crippen LogP contribution is -2.31. The highest BCUT2D eigenvalue weighted by Gasteiger charge is 2.35. The van der Waals surface area contributed by atoms with Crippen molar-refractivity contribution in [3.8, 4) is 0 Å². The summed E-state index contributed by atoms with van der Waals surface area (Å²) in [6.45, 7) is 0.496. The lowest BCUT2D eigenvalue weighted by Gasteiger charge is -2.24. The second kappa shape index (κ2) is 6.18. The number of benzene rings is 2. The van der Waals surface area contributed by atoms with Gasteiger partial charge in [0.25, 0.3) is 0 Å². The van der Waals surface area contributed by atoms with E-state index in [-0.39, 0.29) is 17.6 Å². The Kier molecular flexibility index (Phi) is 4.27. The van der Waals surface area contributed by atoms with Gasteiger partial charge >= 0.3 is 0 Å². The van der Waals surface area contributed by atoms with E-state index in [1.165, 1.54) is 16.4 Å². The molecule has 1 saturated heterocycles. The Bertz CT molecular complexity index is 746. The van der Waals surface area contributed by atoms with Crippen LogP contribution in [0.25, 0.3) is 0 Å². The van der Waals surface area contributed by atoms with E-state index in [0.29, 0.717) is 6.54 Å². The molecule has 1 aliphatic heterocycles. The van der Waals surface area contributed by atoms with Crippen molar-refractivity contribution in [3.63, 3.8) is 0 Å². The van der Waals surface area contributed by atoms with Gasteiger partial charge in [-0.15, -0.1) is 0 Å². The van der Waals surface area contributed by atoms with Crippen LogP contribution in [-0.2, 0) is 15.8 Å². The van der Waals surface area contributed by atoms with Crippen molar-refractivity contribution in [1.82, 2.24) is 4.31 Å². The van der Waals surface area contributed by atoms with Crippen molar-refractivity contribution in [3.05, 3.63) is 71.5 Å². The SMILES string of the molecule is O=S(=O)(Cc1ccccc1)N1CCCC1c1cccc(F)c1. The summed E-state index contributed by atoms with van der Waals surface area (Å²) in [5.74, 6) is -0.343. The first-order valence-corrected chi connectivity index (χ1v) is 8.96. The van der Waals surface area contributed by atoms with E-state index in [1.807, 2.05) is 30.3 Å². The maximum absolute atomic E-state index is 13.4. The zero-order valence-electron chi connectivity index (χ0n) is 12.2. The largest absolute Gasteiger partial charge is 0.218 e. The van der Waals surface area contributed by atoms with Crippen LogP contribution in [0.3, 0.4) is 0 Å². The molecule has 0 spiro atoms. The minimum atomic E-state index is -3.41. The van der Waals surface area contributed by atoms with Crippen LogP contribution in [0.1, 0.15) is 30.0 Å². The molecular formula is C17H18FNO2S. The fraction of sp³-hybridized carbons (Fsp3) is 0.294. The Morgan fingerprint density at radius 3 is 2.59 bits per heavy atom. The molecule has 5 heteroatoms. The molecule has 2 aromatic carbocycles. The van der Waals surface area contributed by atoms with Gasteiger partial charge in [0.15, 0.2) is 0 Å². The second-order valence-corrected chi connectivity index (χ2v) is 7.49. The first kappa shape index (κ1) is 15.2. The summed E-state index contributed by atoms with van der Waals surface area (Å²) in [5.41, 5.74) is 1.50. The van der Waals surface area contributed by atoms with Crippen LogP contribution < -0.4 is 0 Å². The Morgan fingerprint density at radius 1 is 1.09 bits per heavy atom. The van der Waals surface area contributed by atoms with Gasteiger partial charge in [-0.1, -0.05) is 42.5 Å². The van der Waals surface area contributed by atoms with E-state index in [4.69, 9.17) is 0 Å². The summed E-state index contributed by atoms with van der Waals surface area (Å²) in [4.78, 5) is 0. The van der Waals surface area contributed by atoms with Crippen LogP contribution in [0.2, 0.25) is 0 Å². The highest BCUT2D eigenvalue weighted by molar-refractivity contribution is 7.88. The zero-order chi connectivity index (χ0) is 15.6. The average Bonchev–Trinajstić information content (AvgIpc) is 2.98. The monoisotopic (exact) mass is 319 g/mol.